The average Bonchev–Trinajstić information content (AvgIpc) is 2.84. The molecule has 2 saturated heterocycles. The standard InChI is InChI=1S/C24H38N4O3/c1-3-27-12-8-20-17-21(28-13-15-31-16-14-28)6-9-24(20,18-27)23(29)26-11-7-19-5-4-10-25-22(19)30-2/h4-5,10,20-21H,3,6-9,11-18H2,1-2H3,(H,26,29)/t20-,21+,24-/m1/s1. The fourth-order valence-corrected chi connectivity index (χ4v) is 5.92. The molecule has 1 aromatic rings. The predicted molar refractivity (Wildman–Crippen MR) is 120 cm³/mol. The van der Waals surface area contributed by atoms with Gasteiger partial charge in [0.1, 0.15) is 0 Å². The first-order valence-corrected chi connectivity index (χ1v) is 12.0. The van der Waals surface area contributed by atoms with Crippen LogP contribution in [0.1, 0.15) is 38.2 Å². The van der Waals surface area contributed by atoms with Crippen LogP contribution in [0.4, 0.5) is 0 Å². The Labute approximate surface area is 186 Å². The van der Waals surface area contributed by atoms with Crippen molar-refractivity contribution in [3.8, 4) is 5.88 Å². The van der Waals surface area contributed by atoms with E-state index >= 15 is 0 Å². The monoisotopic (exact) mass is 430 g/mol. The minimum absolute atomic E-state index is 0.249. The van der Waals surface area contributed by atoms with Crippen LogP contribution >= 0.6 is 0 Å². The number of pyridine rings is 1. The summed E-state index contributed by atoms with van der Waals surface area (Å²) in [4.78, 5) is 23.0. The summed E-state index contributed by atoms with van der Waals surface area (Å²) in [5.74, 6) is 1.36. The number of nitrogens with zero attached hydrogens (tertiary/aromatic N) is 3. The van der Waals surface area contributed by atoms with Gasteiger partial charge in [-0.05, 0) is 57.2 Å². The fraction of sp³-hybridized carbons (Fsp3) is 0.750. The number of aromatic nitrogens is 1. The van der Waals surface area contributed by atoms with E-state index in [4.69, 9.17) is 9.47 Å². The predicted octanol–water partition coefficient (Wildman–Crippen LogP) is 1.96. The summed E-state index contributed by atoms with van der Waals surface area (Å²) in [7, 11) is 1.64. The fourth-order valence-electron chi connectivity index (χ4n) is 5.92. The molecule has 1 saturated carbocycles. The summed E-state index contributed by atoms with van der Waals surface area (Å²) in [5.41, 5.74) is 0.782. The van der Waals surface area contributed by atoms with Gasteiger partial charge in [-0.1, -0.05) is 13.0 Å². The second-order valence-electron chi connectivity index (χ2n) is 9.26. The maximum Gasteiger partial charge on any atom is 0.227 e. The maximum atomic E-state index is 13.6. The molecule has 0 unspecified atom stereocenters. The van der Waals surface area contributed by atoms with Crippen LogP contribution in [0.5, 0.6) is 5.88 Å². The topological polar surface area (TPSA) is 66.9 Å². The highest BCUT2D eigenvalue weighted by Gasteiger charge is 2.52. The van der Waals surface area contributed by atoms with Gasteiger partial charge in [0.05, 0.1) is 25.7 Å². The Balaban J connectivity index is 1.41. The second-order valence-corrected chi connectivity index (χ2v) is 9.26. The number of ether oxygens (including phenoxy) is 2. The highest BCUT2D eigenvalue weighted by molar-refractivity contribution is 5.83. The van der Waals surface area contributed by atoms with E-state index in [1.54, 1.807) is 13.3 Å². The molecule has 1 aliphatic carbocycles. The minimum Gasteiger partial charge on any atom is -0.481 e. The van der Waals surface area contributed by atoms with Gasteiger partial charge in [-0.25, -0.2) is 4.98 Å². The Bertz CT molecular complexity index is 739. The van der Waals surface area contributed by atoms with Crippen LogP contribution in [0.25, 0.3) is 0 Å². The quantitative estimate of drug-likeness (QED) is 0.713. The van der Waals surface area contributed by atoms with E-state index in [2.05, 4.69) is 27.0 Å². The zero-order valence-electron chi connectivity index (χ0n) is 19.1. The molecule has 1 N–H and O–H groups in total. The number of methoxy groups -OCH3 is 1. The zero-order valence-corrected chi connectivity index (χ0v) is 19.1. The van der Waals surface area contributed by atoms with Gasteiger partial charge in [0, 0.05) is 44.0 Å². The van der Waals surface area contributed by atoms with E-state index in [1.807, 2.05) is 12.1 Å². The smallest absolute Gasteiger partial charge is 0.227 e. The molecule has 7 heteroatoms. The summed E-state index contributed by atoms with van der Waals surface area (Å²) in [6.07, 6.45) is 6.83. The first kappa shape index (κ1) is 22.5. The molecule has 0 radical (unpaired) electrons. The van der Waals surface area contributed by atoms with Gasteiger partial charge in [-0.3, -0.25) is 9.69 Å². The minimum atomic E-state index is -0.254. The molecule has 1 aromatic heterocycles. The van der Waals surface area contributed by atoms with Crippen LogP contribution in [-0.2, 0) is 16.0 Å². The molecule has 3 fully saturated rings. The molecular formula is C24H38N4O3. The number of piperidine rings is 1. The summed E-state index contributed by atoms with van der Waals surface area (Å²) in [5, 5.41) is 3.30. The lowest BCUT2D eigenvalue weighted by atomic mass is 9.61. The van der Waals surface area contributed by atoms with Crippen molar-refractivity contribution in [3.63, 3.8) is 0 Å². The van der Waals surface area contributed by atoms with Crippen LogP contribution in [-0.4, -0.2) is 86.3 Å². The van der Waals surface area contributed by atoms with Crippen LogP contribution in [0.15, 0.2) is 18.3 Å². The highest BCUT2D eigenvalue weighted by Crippen LogP contribution is 2.47. The first-order valence-electron chi connectivity index (χ1n) is 12.0. The third-order valence-electron chi connectivity index (χ3n) is 7.75. The molecule has 3 atom stereocenters. The Morgan fingerprint density at radius 1 is 1.32 bits per heavy atom. The molecule has 3 heterocycles. The number of amides is 1. The van der Waals surface area contributed by atoms with E-state index in [-0.39, 0.29) is 11.3 Å². The summed E-state index contributed by atoms with van der Waals surface area (Å²) < 4.78 is 10.9. The van der Waals surface area contributed by atoms with Gasteiger partial charge in [0.25, 0.3) is 0 Å². The molecular weight excluding hydrogens is 392 g/mol. The van der Waals surface area contributed by atoms with Crippen LogP contribution < -0.4 is 10.1 Å². The maximum absolute atomic E-state index is 13.6. The number of rotatable bonds is 7. The molecule has 0 aromatic carbocycles. The van der Waals surface area contributed by atoms with Crippen molar-refractivity contribution in [2.75, 3.05) is 59.6 Å². The SMILES string of the molecule is CCN1CC[C@@H]2C[C@@H](N3CCOCC3)CC[C@@]2(C(=O)NCCc2cccnc2OC)C1. The molecule has 0 bridgehead atoms. The number of likely N-dealkylation sites (tertiary alicyclic amines) is 1. The molecule has 0 spiro atoms. The first-order chi connectivity index (χ1) is 15.2. The largest absolute Gasteiger partial charge is 0.481 e. The third-order valence-corrected chi connectivity index (χ3v) is 7.75. The van der Waals surface area contributed by atoms with E-state index in [0.717, 1.165) is 83.6 Å². The van der Waals surface area contributed by atoms with Crippen molar-refractivity contribution in [3.05, 3.63) is 23.9 Å². The van der Waals surface area contributed by atoms with Gasteiger partial charge >= 0.3 is 0 Å². The number of morpholine rings is 1. The second kappa shape index (κ2) is 10.3. The molecule has 3 aliphatic rings. The number of carbonyl (C=O) groups excluding carboxylic acids is 1. The average molecular weight is 431 g/mol. The normalized spacial score (nSPS) is 29.9. The van der Waals surface area contributed by atoms with Crippen molar-refractivity contribution in [2.45, 2.75) is 45.1 Å². The van der Waals surface area contributed by atoms with Crippen molar-refractivity contribution in [1.82, 2.24) is 20.1 Å². The van der Waals surface area contributed by atoms with Gasteiger partial charge in [0.2, 0.25) is 11.8 Å². The van der Waals surface area contributed by atoms with Crippen LogP contribution in [0.2, 0.25) is 0 Å². The van der Waals surface area contributed by atoms with Crippen molar-refractivity contribution < 1.29 is 14.3 Å². The number of nitrogens with one attached hydrogen (secondary N) is 1. The summed E-state index contributed by atoms with van der Waals surface area (Å²) >= 11 is 0. The summed E-state index contributed by atoms with van der Waals surface area (Å²) in [6.45, 7) is 9.60. The van der Waals surface area contributed by atoms with E-state index in [1.165, 1.54) is 0 Å². The Hall–Kier alpha value is -1.70. The number of carbonyl (C=O) groups is 1. The summed E-state index contributed by atoms with van der Waals surface area (Å²) in [6, 6.07) is 4.54. The van der Waals surface area contributed by atoms with E-state index in [9.17, 15) is 4.79 Å². The van der Waals surface area contributed by atoms with Gasteiger partial charge < -0.3 is 19.7 Å². The molecule has 172 valence electrons. The van der Waals surface area contributed by atoms with Crippen molar-refractivity contribution >= 4 is 5.91 Å². The van der Waals surface area contributed by atoms with Gasteiger partial charge in [-0.2, -0.15) is 0 Å². The lowest BCUT2D eigenvalue weighted by molar-refractivity contribution is -0.144. The van der Waals surface area contributed by atoms with E-state index < -0.39 is 0 Å². The molecule has 31 heavy (non-hydrogen) atoms. The van der Waals surface area contributed by atoms with Gasteiger partial charge in [0.15, 0.2) is 0 Å². The highest BCUT2D eigenvalue weighted by atomic mass is 16.5. The molecule has 2 aliphatic heterocycles. The Morgan fingerprint density at radius 3 is 2.94 bits per heavy atom. The number of hydrogen-bond donors (Lipinski definition) is 1. The van der Waals surface area contributed by atoms with E-state index in [0.29, 0.717) is 24.4 Å². The lowest BCUT2D eigenvalue weighted by Crippen LogP contribution is -2.61. The lowest BCUT2D eigenvalue weighted by Gasteiger charge is -2.53. The Morgan fingerprint density at radius 2 is 2.16 bits per heavy atom. The Kier molecular flexibility index (Phi) is 7.46. The molecule has 4 rings (SSSR count). The number of hydrogen-bond acceptors (Lipinski definition) is 6. The zero-order chi connectivity index (χ0) is 21.7. The third kappa shape index (κ3) is 4.89. The molecule has 1 amide bonds. The van der Waals surface area contributed by atoms with Crippen molar-refractivity contribution in [1.29, 1.82) is 0 Å². The van der Waals surface area contributed by atoms with Crippen LogP contribution in [0.3, 0.4) is 0 Å². The van der Waals surface area contributed by atoms with Crippen molar-refractivity contribution in [2.24, 2.45) is 11.3 Å². The molecule has 7 nitrogen and oxygen atoms in total. The van der Waals surface area contributed by atoms with Crippen LogP contribution in [0, 0.1) is 11.3 Å². The number of fused-ring (bicyclic) bond motifs is 1. The van der Waals surface area contributed by atoms with Gasteiger partial charge in [-0.15, -0.1) is 0 Å².